The minimum absolute atomic E-state index is 0.151. The molecule has 5 heteroatoms. The summed E-state index contributed by atoms with van der Waals surface area (Å²) in [7, 11) is 0. The van der Waals surface area contributed by atoms with Crippen LogP contribution in [0.1, 0.15) is 25.6 Å². The third-order valence-electron chi connectivity index (χ3n) is 3.96. The second-order valence-electron chi connectivity index (χ2n) is 5.32. The molecule has 0 radical (unpaired) electrons. The molecule has 0 aliphatic heterocycles. The zero-order valence-corrected chi connectivity index (χ0v) is 15.0. The van der Waals surface area contributed by atoms with Crippen molar-refractivity contribution in [1.82, 2.24) is 0 Å². The van der Waals surface area contributed by atoms with Crippen LogP contribution in [0, 0.1) is 0 Å². The van der Waals surface area contributed by atoms with E-state index < -0.39 is 0 Å². The maximum atomic E-state index is 12.5. The van der Waals surface area contributed by atoms with Crippen LogP contribution in [0.25, 0.3) is 24.0 Å². The van der Waals surface area contributed by atoms with Crippen LogP contribution in [0.3, 0.4) is 0 Å². The van der Waals surface area contributed by atoms with E-state index in [2.05, 4.69) is 17.5 Å². The molecule has 1 aliphatic carbocycles. The van der Waals surface area contributed by atoms with Gasteiger partial charge < -0.3 is 0 Å². The SMILES string of the molecule is O=C1C(=Cc2cc3[se]c4ccsc4c3s2)C(=O)c2ccccc21. The van der Waals surface area contributed by atoms with Crippen LogP contribution in [0.2, 0.25) is 0 Å². The van der Waals surface area contributed by atoms with Crippen LogP contribution in [0.4, 0.5) is 0 Å². The number of thiophene rings is 2. The van der Waals surface area contributed by atoms with Crippen molar-refractivity contribution >= 4 is 72.7 Å². The fourth-order valence-corrected chi connectivity index (χ4v) is 8.51. The van der Waals surface area contributed by atoms with Gasteiger partial charge in [0.05, 0.1) is 0 Å². The molecule has 23 heavy (non-hydrogen) atoms. The summed E-state index contributed by atoms with van der Waals surface area (Å²) >= 11 is 3.81. The standard InChI is InChI=1S/C18H8O2S2Se/c19-15-10-3-1-2-4-11(10)16(20)12(15)7-9-8-14-18(22-9)17-13(23-14)5-6-21-17/h1-8H. The van der Waals surface area contributed by atoms with E-state index in [0.717, 1.165) is 4.88 Å². The molecular weight excluding hydrogens is 391 g/mol. The summed E-state index contributed by atoms with van der Waals surface area (Å²) in [6.07, 6.45) is 1.77. The Morgan fingerprint density at radius 3 is 2.39 bits per heavy atom. The fraction of sp³-hybridized carbons (Fsp3) is 0. The number of fused-ring (bicyclic) bond motifs is 4. The first-order chi connectivity index (χ1) is 11.2. The van der Waals surface area contributed by atoms with Gasteiger partial charge in [-0.15, -0.1) is 0 Å². The number of hydrogen-bond acceptors (Lipinski definition) is 4. The van der Waals surface area contributed by atoms with E-state index in [9.17, 15) is 9.59 Å². The summed E-state index contributed by atoms with van der Waals surface area (Å²) in [5.41, 5.74) is 1.35. The van der Waals surface area contributed by atoms with Gasteiger partial charge in [-0.05, 0) is 0 Å². The van der Waals surface area contributed by atoms with Crippen molar-refractivity contribution < 1.29 is 9.59 Å². The number of hydrogen-bond donors (Lipinski definition) is 0. The molecule has 0 N–H and O–H groups in total. The Bertz CT molecular complexity index is 1120. The van der Waals surface area contributed by atoms with E-state index in [0.29, 0.717) is 31.2 Å². The Morgan fingerprint density at radius 1 is 0.913 bits per heavy atom. The van der Waals surface area contributed by atoms with Gasteiger partial charge >= 0.3 is 146 Å². The normalized spacial score (nSPS) is 14.2. The topological polar surface area (TPSA) is 34.1 Å². The summed E-state index contributed by atoms with van der Waals surface area (Å²) in [5, 5.41) is 2.13. The molecule has 2 nitrogen and oxygen atoms in total. The van der Waals surface area contributed by atoms with E-state index in [4.69, 9.17) is 0 Å². The van der Waals surface area contributed by atoms with Crippen molar-refractivity contribution in [2.24, 2.45) is 0 Å². The van der Waals surface area contributed by atoms with Gasteiger partial charge in [-0.25, -0.2) is 0 Å². The van der Waals surface area contributed by atoms with E-state index >= 15 is 0 Å². The molecule has 110 valence electrons. The van der Waals surface area contributed by atoms with Crippen molar-refractivity contribution in [3.8, 4) is 0 Å². The summed E-state index contributed by atoms with van der Waals surface area (Å²) in [6, 6.07) is 11.4. The van der Waals surface area contributed by atoms with E-state index in [1.165, 1.54) is 17.9 Å². The average molecular weight is 399 g/mol. The first-order valence-corrected chi connectivity index (χ1v) is 10.4. The zero-order chi connectivity index (χ0) is 15.6. The third-order valence-corrected chi connectivity index (χ3v) is 9.02. The third kappa shape index (κ3) is 1.91. The van der Waals surface area contributed by atoms with Crippen molar-refractivity contribution in [1.29, 1.82) is 0 Å². The molecular formula is C18H8O2S2Se. The summed E-state index contributed by atoms with van der Waals surface area (Å²) < 4.78 is 5.49. The molecule has 5 rings (SSSR count). The maximum absolute atomic E-state index is 12.5. The van der Waals surface area contributed by atoms with Gasteiger partial charge in [0.15, 0.2) is 0 Å². The summed E-state index contributed by atoms with van der Waals surface area (Å²) in [4.78, 5) is 25.9. The average Bonchev–Trinajstić information content (AvgIpc) is 3.26. The number of allylic oxidation sites excluding steroid dienone is 1. The Kier molecular flexibility index (Phi) is 2.88. The van der Waals surface area contributed by atoms with E-state index in [-0.39, 0.29) is 11.6 Å². The van der Waals surface area contributed by atoms with Gasteiger partial charge in [0, 0.05) is 0 Å². The quantitative estimate of drug-likeness (QED) is 0.266. The number of benzene rings is 1. The molecule has 3 heterocycles. The second kappa shape index (κ2) is 4.86. The molecule has 0 atom stereocenters. The van der Waals surface area contributed by atoms with Crippen LogP contribution < -0.4 is 0 Å². The van der Waals surface area contributed by atoms with Crippen molar-refractivity contribution in [3.05, 3.63) is 63.4 Å². The molecule has 0 unspecified atom stereocenters. The van der Waals surface area contributed by atoms with Crippen LogP contribution in [-0.2, 0) is 0 Å². The molecule has 4 aromatic rings. The minimum atomic E-state index is -0.151. The first-order valence-electron chi connectivity index (χ1n) is 7.02. The molecule has 0 saturated carbocycles. The van der Waals surface area contributed by atoms with Gasteiger partial charge in [0.1, 0.15) is 0 Å². The number of Topliss-reactive ketones (excluding diaryl/α,β-unsaturated/α-hetero) is 2. The van der Waals surface area contributed by atoms with Gasteiger partial charge in [-0.2, -0.15) is 0 Å². The second-order valence-corrected chi connectivity index (χ2v) is 9.59. The van der Waals surface area contributed by atoms with Crippen molar-refractivity contribution in [2.75, 3.05) is 0 Å². The van der Waals surface area contributed by atoms with Crippen molar-refractivity contribution in [3.63, 3.8) is 0 Å². The molecule has 0 bridgehead atoms. The number of carbonyl (C=O) groups excluding carboxylic acids is 2. The fourth-order valence-electron chi connectivity index (χ4n) is 2.91. The molecule has 0 fully saturated rings. The Balaban J connectivity index is 1.65. The predicted octanol–water partition coefficient (Wildman–Crippen LogP) is 4.64. The Morgan fingerprint density at radius 2 is 1.65 bits per heavy atom. The van der Waals surface area contributed by atoms with Crippen LogP contribution >= 0.6 is 22.7 Å². The van der Waals surface area contributed by atoms with E-state index in [1.54, 1.807) is 53.0 Å². The monoisotopic (exact) mass is 400 g/mol. The number of rotatable bonds is 1. The van der Waals surface area contributed by atoms with Gasteiger partial charge in [0.25, 0.3) is 0 Å². The molecule has 0 saturated heterocycles. The van der Waals surface area contributed by atoms with Crippen LogP contribution in [0.15, 0.2) is 47.4 Å². The molecule has 3 aromatic heterocycles. The zero-order valence-electron chi connectivity index (χ0n) is 11.7. The molecule has 0 amide bonds. The predicted molar refractivity (Wildman–Crippen MR) is 97.2 cm³/mol. The molecule has 0 spiro atoms. The van der Waals surface area contributed by atoms with Gasteiger partial charge in [-0.1, -0.05) is 0 Å². The van der Waals surface area contributed by atoms with Crippen LogP contribution in [0.5, 0.6) is 0 Å². The van der Waals surface area contributed by atoms with Gasteiger partial charge in [0.2, 0.25) is 0 Å². The Hall–Kier alpha value is -1.78. The van der Waals surface area contributed by atoms with Crippen molar-refractivity contribution in [2.45, 2.75) is 0 Å². The first kappa shape index (κ1) is 13.6. The summed E-state index contributed by atoms with van der Waals surface area (Å²) in [5.74, 6) is -0.303. The van der Waals surface area contributed by atoms with Crippen LogP contribution in [-0.4, -0.2) is 26.1 Å². The Labute approximate surface area is 145 Å². The number of carbonyl (C=O) groups is 2. The summed E-state index contributed by atoms with van der Waals surface area (Å²) in [6.45, 7) is 0. The molecule has 1 aliphatic rings. The van der Waals surface area contributed by atoms with Gasteiger partial charge in [-0.3, -0.25) is 0 Å². The van der Waals surface area contributed by atoms with E-state index in [1.807, 2.05) is 0 Å². The number of ketones is 2. The molecule has 1 aromatic carbocycles.